The van der Waals surface area contributed by atoms with E-state index in [4.69, 9.17) is 0 Å². The second-order valence-electron chi connectivity index (χ2n) is 3.26. The van der Waals surface area contributed by atoms with Crippen molar-refractivity contribution in [2.24, 2.45) is 0 Å². The number of carbonyl (C=O) groups is 2. The summed E-state index contributed by atoms with van der Waals surface area (Å²) in [5.74, 6) is -0.0696. The van der Waals surface area contributed by atoms with Crippen LogP contribution in [0.4, 0.5) is 5.95 Å². The van der Waals surface area contributed by atoms with Crippen LogP contribution in [0.25, 0.3) is 0 Å². The first-order valence-electron chi connectivity index (χ1n) is 4.52. The molecule has 0 saturated carbocycles. The van der Waals surface area contributed by atoms with Gasteiger partial charge in [0.05, 0.1) is 6.42 Å². The van der Waals surface area contributed by atoms with Crippen molar-refractivity contribution >= 4 is 17.8 Å². The van der Waals surface area contributed by atoms with E-state index in [0.29, 0.717) is 5.95 Å². The van der Waals surface area contributed by atoms with Crippen molar-refractivity contribution in [2.45, 2.75) is 12.5 Å². The van der Waals surface area contributed by atoms with Gasteiger partial charge in [-0.25, -0.2) is 9.97 Å². The molecule has 0 aromatic carbocycles. The Hall–Kier alpha value is -1.98. The lowest BCUT2D eigenvalue weighted by Crippen LogP contribution is -2.32. The van der Waals surface area contributed by atoms with Crippen molar-refractivity contribution in [3.8, 4) is 0 Å². The number of likely N-dealkylation sites (tertiary alicyclic amines) is 1. The minimum absolute atomic E-state index is 0.160. The van der Waals surface area contributed by atoms with E-state index in [1.807, 2.05) is 0 Å². The summed E-state index contributed by atoms with van der Waals surface area (Å²) < 4.78 is 0. The van der Waals surface area contributed by atoms with Crippen LogP contribution < -0.4 is 5.32 Å². The third-order valence-electron chi connectivity index (χ3n) is 2.25. The molecule has 1 atom stereocenters. The third-order valence-corrected chi connectivity index (χ3v) is 2.25. The fourth-order valence-electron chi connectivity index (χ4n) is 1.40. The van der Waals surface area contributed by atoms with Gasteiger partial charge in [-0.15, -0.1) is 0 Å². The Kier molecular flexibility index (Phi) is 2.32. The number of nitrogens with one attached hydrogen (secondary N) is 1. The van der Waals surface area contributed by atoms with Crippen molar-refractivity contribution in [2.75, 3.05) is 12.4 Å². The number of aromatic nitrogens is 2. The van der Waals surface area contributed by atoms with Gasteiger partial charge in [0.2, 0.25) is 11.9 Å². The van der Waals surface area contributed by atoms with E-state index in [-0.39, 0.29) is 18.2 Å². The van der Waals surface area contributed by atoms with Gasteiger partial charge in [0.1, 0.15) is 6.04 Å². The number of rotatable bonds is 2. The van der Waals surface area contributed by atoms with E-state index in [9.17, 15) is 9.59 Å². The molecule has 1 aliphatic heterocycles. The van der Waals surface area contributed by atoms with E-state index >= 15 is 0 Å². The average molecular weight is 206 g/mol. The Balaban J connectivity index is 2.09. The summed E-state index contributed by atoms with van der Waals surface area (Å²) in [6.45, 7) is 0. The van der Waals surface area contributed by atoms with Crippen molar-refractivity contribution in [1.29, 1.82) is 0 Å². The molecule has 0 spiro atoms. The van der Waals surface area contributed by atoms with Crippen molar-refractivity contribution in [3.63, 3.8) is 0 Å². The number of nitrogens with zero attached hydrogens (tertiary/aromatic N) is 3. The average Bonchev–Trinajstić information content (AvgIpc) is 2.48. The number of carbonyl (C=O) groups excluding carboxylic acids is 2. The van der Waals surface area contributed by atoms with Crippen molar-refractivity contribution in [3.05, 3.63) is 18.5 Å². The Morgan fingerprint density at radius 3 is 2.60 bits per heavy atom. The van der Waals surface area contributed by atoms with Gasteiger partial charge in [-0.3, -0.25) is 14.5 Å². The fourth-order valence-corrected chi connectivity index (χ4v) is 1.40. The van der Waals surface area contributed by atoms with Gasteiger partial charge in [0.25, 0.3) is 5.91 Å². The quantitative estimate of drug-likeness (QED) is 0.669. The van der Waals surface area contributed by atoms with E-state index in [2.05, 4.69) is 15.3 Å². The molecule has 0 bridgehead atoms. The first-order chi connectivity index (χ1) is 7.18. The second-order valence-corrected chi connectivity index (χ2v) is 3.26. The highest BCUT2D eigenvalue weighted by atomic mass is 16.2. The maximum absolute atomic E-state index is 11.5. The Labute approximate surface area is 86.3 Å². The lowest BCUT2D eigenvalue weighted by Gasteiger charge is -2.09. The van der Waals surface area contributed by atoms with E-state index in [1.165, 1.54) is 7.05 Å². The minimum atomic E-state index is -0.537. The molecule has 2 rings (SSSR count). The van der Waals surface area contributed by atoms with Gasteiger partial charge in [-0.05, 0) is 6.07 Å². The first-order valence-corrected chi connectivity index (χ1v) is 4.52. The molecule has 0 radical (unpaired) electrons. The Bertz CT molecular complexity index is 392. The largest absolute Gasteiger partial charge is 0.342 e. The van der Waals surface area contributed by atoms with Crippen molar-refractivity contribution < 1.29 is 9.59 Å². The van der Waals surface area contributed by atoms with E-state index < -0.39 is 6.04 Å². The lowest BCUT2D eigenvalue weighted by atomic mass is 10.2. The van der Waals surface area contributed by atoms with Crippen LogP contribution in [0.15, 0.2) is 18.5 Å². The van der Waals surface area contributed by atoms with Gasteiger partial charge in [-0.2, -0.15) is 0 Å². The summed E-state index contributed by atoms with van der Waals surface area (Å²) in [5.41, 5.74) is 0. The molecule has 1 unspecified atom stereocenters. The summed E-state index contributed by atoms with van der Waals surface area (Å²) in [4.78, 5) is 31.7. The molecule has 1 aromatic rings. The standard InChI is InChI=1S/C9H10N4O2/c1-13-7(14)5-6(8(13)15)12-9-10-3-2-4-11-9/h2-4,6H,5H2,1H3,(H,10,11,12). The lowest BCUT2D eigenvalue weighted by molar-refractivity contribution is -0.136. The zero-order valence-corrected chi connectivity index (χ0v) is 8.17. The molecule has 1 N–H and O–H groups in total. The second kappa shape index (κ2) is 3.64. The van der Waals surface area contributed by atoms with Crippen LogP contribution in [-0.2, 0) is 9.59 Å². The summed E-state index contributed by atoms with van der Waals surface area (Å²) >= 11 is 0. The number of hydrogen-bond acceptors (Lipinski definition) is 5. The summed E-state index contributed by atoms with van der Waals surface area (Å²) in [6.07, 6.45) is 3.30. The zero-order valence-electron chi connectivity index (χ0n) is 8.17. The molecule has 15 heavy (non-hydrogen) atoms. The molecule has 1 aliphatic rings. The SMILES string of the molecule is CN1C(=O)CC(Nc2ncccn2)C1=O. The Morgan fingerprint density at radius 2 is 2.07 bits per heavy atom. The number of hydrogen-bond donors (Lipinski definition) is 1. The predicted molar refractivity (Wildman–Crippen MR) is 51.8 cm³/mol. The maximum Gasteiger partial charge on any atom is 0.252 e. The molecule has 2 amide bonds. The van der Waals surface area contributed by atoms with Crippen LogP contribution in [0.3, 0.4) is 0 Å². The molecule has 78 valence electrons. The van der Waals surface area contributed by atoms with E-state index in [1.54, 1.807) is 18.5 Å². The van der Waals surface area contributed by atoms with Gasteiger partial charge in [0, 0.05) is 19.4 Å². The normalized spacial score (nSPS) is 20.9. The van der Waals surface area contributed by atoms with Crippen LogP contribution in [0, 0.1) is 0 Å². The molecule has 1 fully saturated rings. The highest BCUT2D eigenvalue weighted by Gasteiger charge is 2.36. The minimum Gasteiger partial charge on any atom is -0.342 e. The van der Waals surface area contributed by atoms with Crippen LogP contribution >= 0.6 is 0 Å². The third kappa shape index (κ3) is 1.78. The predicted octanol–water partition coefficient (Wildman–Crippen LogP) is -0.354. The number of anilines is 1. The van der Waals surface area contributed by atoms with Gasteiger partial charge < -0.3 is 5.32 Å². The number of imide groups is 1. The van der Waals surface area contributed by atoms with Gasteiger partial charge >= 0.3 is 0 Å². The maximum atomic E-state index is 11.5. The molecule has 6 heteroatoms. The van der Waals surface area contributed by atoms with Crippen LogP contribution in [0.2, 0.25) is 0 Å². The van der Waals surface area contributed by atoms with Gasteiger partial charge in [-0.1, -0.05) is 0 Å². The molecule has 2 heterocycles. The molecular formula is C9H10N4O2. The van der Waals surface area contributed by atoms with Crippen LogP contribution in [0.5, 0.6) is 0 Å². The molecule has 6 nitrogen and oxygen atoms in total. The molecule has 1 aromatic heterocycles. The monoisotopic (exact) mass is 206 g/mol. The zero-order chi connectivity index (χ0) is 10.8. The highest BCUT2D eigenvalue weighted by molar-refractivity contribution is 6.06. The summed E-state index contributed by atoms with van der Waals surface area (Å²) in [7, 11) is 1.47. The highest BCUT2D eigenvalue weighted by Crippen LogP contribution is 2.13. The smallest absolute Gasteiger partial charge is 0.252 e. The topological polar surface area (TPSA) is 75.2 Å². The van der Waals surface area contributed by atoms with Gasteiger partial charge in [0.15, 0.2) is 0 Å². The van der Waals surface area contributed by atoms with Crippen LogP contribution in [-0.4, -0.2) is 39.8 Å². The van der Waals surface area contributed by atoms with Crippen molar-refractivity contribution in [1.82, 2.24) is 14.9 Å². The number of likely N-dealkylation sites (N-methyl/N-ethyl adjacent to an activating group) is 1. The fraction of sp³-hybridized carbons (Fsp3) is 0.333. The summed E-state index contributed by atoms with van der Waals surface area (Å²) in [5, 5.41) is 2.82. The van der Waals surface area contributed by atoms with E-state index in [0.717, 1.165) is 4.90 Å². The molecule has 1 saturated heterocycles. The molecule has 0 aliphatic carbocycles. The summed E-state index contributed by atoms with van der Waals surface area (Å²) in [6, 6.07) is 1.14. The van der Waals surface area contributed by atoms with Crippen LogP contribution in [0.1, 0.15) is 6.42 Å². The number of amides is 2. The Morgan fingerprint density at radius 1 is 1.40 bits per heavy atom. The first kappa shape index (κ1) is 9.57. The molecular weight excluding hydrogens is 196 g/mol.